The van der Waals surface area contributed by atoms with E-state index in [4.69, 9.17) is 23.2 Å². The van der Waals surface area contributed by atoms with Gasteiger partial charge in [-0.25, -0.2) is 9.97 Å². The Labute approximate surface area is 151 Å². The summed E-state index contributed by atoms with van der Waals surface area (Å²) >= 11 is 12.0. The first kappa shape index (κ1) is 18.5. The number of carbonyl (C=O) groups excluding carboxylic acids is 1. The van der Waals surface area contributed by atoms with E-state index in [-0.39, 0.29) is 11.6 Å². The van der Waals surface area contributed by atoms with E-state index in [1.165, 1.54) is 0 Å². The Morgan fingerprint density at radius 2 is 1.96 bits per heavy atom. The molecule has 0 saturated heterocycles. The maximum absolute atomic E-state index is 12.4. The highest BCUT2D eigenvalue weighted by Gasteiger charge is 2.13. The zero-order valence-corrected chi connectivity index (χ0v) is 15.2. The van der Waals surface area contributed by atoms with Crippen molar-refractivity contribution in [2.75, 3.05) is 17.2 Å². The molecule has 0 aliphatic rings. The van der Waals surface area contributed by atoms with Crippen LogP contribution in [0.4, 0.5) is 11.6 Å². The van der Waals surface area contributed by atoms with E-state index >= 15 is 0 Å². The normalized spacial score (nSPS) is 10.5. The molecule has 1 amide bonds. The van der Waals surface area contributed by atoms with Gasteiger partial charge in [-0.15, -0.1) is 0 Å². The molecule has 0 bridgehead atoms. The fourth-order valence-electron chi connectivity index (χ4n) is 2.12. The number of nitrogens with zero attached hydrogens (tertiary/aromatic N) is 2. The first-order valence-corrected chi connectivity index (χ1v) is 8.61. The minimum absolute atomic E-state index is 0.275. The minimum atomic E-state index is -0.360. The number of hydrogen-bond donors (Lipinski definition) is 2. The van der Waals surface area contributed by atoms with Crippen molar-refractivity contribution >= 4 is 40.7 Å². The van der Waals surface area contributed by atoms with Gasteiger partial charge in [0.15, 0.2) is 0 Å². The van der Waals surface area contributed by atoms with E-state index in [9.17, 15) is 4.79 Å². The van der Waals surface area contributed by atoms with Crippen LogP contribution in [0.1, 0.15) is 42.4 Å². The van der Waals surface area contributed by atoms with Crippen LogP contribution in [0.25, 0.3) is 0 Å². The van der Waals surface area contributed by atoms with Crippen LogP contribution in [0.15, 0.2) is 24.3 Å². The number of amides is 1. The third-order valence-corrected chi connectivity index (χ3v) is 3.89. The van der Waals surface area contributed by atoms with Crippen LogP contribution >= 0.6 is 23.2 Å². The molecule has 0 radical (unpaired) electrons. The van der Waals surface area contributed by atoms with Gasteiger partial charge in [-0.05, 0) is 37.6 Å². The van der Waals surface area contributed by atoms with Crippen molar-refractivity contribution in [1.82, 2.24) is 9.97 Å². The van der Waals surface area contributed by atoms with Gasteiger partial charge in [-0.3, -0.25) is 4.79 Å². The summed E-state index contributed by atoms with van der Waals surface area (Å²) in [4.78, 5) is 21.0. The highest BCUT2D eigenvalue weighted by molar-refractivity contribution is 6.35. The van der Waals surface area contributed by atoms with Crippen LogP contribution in [-0.2, 0) is 0 Å². The summed E-state index contributed by atoms with van der Waals surface area (Å²) in [6.45, 7) is 4.74. The van der Waals surface area contributed by atoms with Crippen molar-refractivity contribution in [1.29, 1.82) is 0 Å². The highest BCUT2D eigenvalue weighted by Crippen LogP contribution is 2.25. The van der Waals surface area contributed by atoms with E-state index in [2.05, 4.69) is 27.5 Å². The second-order valence-electron chi connectivity index (χ2n) is 5.43. The quantitative estimate of drug-likeness (QED) is 0.680. The molecule has 2 N–H and O–H groups in total. The van der Waals surface area contributed by atoms with Crippen LogP contribution in [0, 0.1) is 6.92 Å². The van der Waals surface area contributed by atoms with Crippen LogP contribution in [0.3, 0.4) is 0 Å². The topological polar surface area (TPSA) is 66.9 Å². The van der Waals surface area contributed by atoms with Gasteiger partial charge in [0.2, 0.25) is 5.95 Å². The lowest BCUT2D eigenvalue weighted by atomic mass is 10.2. The fraction of sp³-hybridized carbons (Fsp3) is 0.353. The van der Waals surface area contributed by atoms with E-state index in [1.54, 1.807) is 24.3 Å². The molecule has 1 aromatic carbocycles. The summed E-state index contributed by atoms with van der Waals surface area (Å²) in [5, 5.41) is 6.78. The summed E-state index contributed by atoms with van der Waals surface area (Å²) in [6, 6.07) is 6.52. The monoisotopic (exact) mass is 366 g/mol. The van der Waals surface area contributed by atoms with Gasteiger partial charge in [0.25, 0.3) is 5.91 Å². The molecule has 0 saturated carbocycles. The van der Waals surface area contributed by atoms with Crippen molar-refractivity contribution in [2.24, 2.45) is 0 Å². The van der Waals surface area contributed by atoms with Crippen LogP contribution in [-0.4, -0.2) is 22.4 Å². The minimum Gasteiger partial charge on any atom is -0.354 e. The fourth-order valence-corrected chi connectivity index (χ4v) is 2.46. The van der Waals surface area contributed by atoms with Gasteiger partial charge in [0.05, 0.1) is 10.7 Å². The molecule has 2 rings (SSSR count). The first-order chi connectivity index (χ1) is 11.5. The highest BCUT2D eigenvalue weighted by atomic mass is 35.5. The molecule has 128 valence electrons. The molecule has 0 aliphatic heterocycles. The lowest BCUT2D eigenvalue weighted by Gasteiger charge is -2.10. The van der Waals surface area contributed by atoms with Gasteiger partial charge in [0, 0.05) is 17.3 Å². The average Bonchev–Trinajstić information content (AvgIpc) is 2.54. The Kier molecular flexibility index (Phi) is 6.82. The molecule has 1 heterocycles. The molecule has 0 atom stereocenters. The second-order valence-corrected chi connectivity index (χ2v) is 6.27. The number of carbonyl (C=O) groups is 1. The van der Waals surface area contributed by atoms with E-state index < -0.39 is 0 Å². The molecule has 7 heteroatoms. The number of rotatable bonds is 7. The number of aromatic nitrogens is 2. The summed E-state index contributed by atoms with van der Waals surface area (Å²) in [7, 11) is 0. The summed E-state index contributed by atoms with van der Waals surface area (Å²) in [6.07, 6.45) is 3.32. The number of hydrogen-bond acceptors (Lipinski definition) is 4. The lowest BCUT2D eigenvalue weighted by molar-refractivity contribution is 0.102. The van der Waals surface area contributed by atoms with Crippen molar-refractivity contribution < 1.29 is 4.79 Å². The molecule has 0 fully saturated rings. The lowest BCUT2D eigenvalue weighted by Crippen LogP contribution is -2.16. The molecular weight excluding hydrogens is 347 g/mol. The van der Waals surface area contributed by atoms with Gasteiger partial charge in [-0.2, -0.15) is 0 Å². The molecule has 2 aromatic rings. The Hall–Kier alpha value is -1.85. The van der Waals surface area contributed by atoms with E-state index in [0.29, 0.717) is 27.4 Å². The van der Waals surface area contributed by atoms with Crippen molar-refractivity contribution in [3.8, 4) is 0 Å². The van der Waals surface area contributed by atoms with Crippen molar-refractivity contribution in [3.05, 3.63) is 45.7 Å². The molecular formula is C17H20Cl2N4O. The molecule has 0 aliphatic carbocycles. The van der Waals surface area contributed by atoms with Crippen LogP contribution in [0.2, 0.25) is 10.0 Å². The van der Waals surface area contributed by atoms with Gasteiger partial charge >= 0.3 is 0 Å². The summed E-state index contributed by atoms with van der Waals surface area (Å²) in [5.74, 6) is 0.0923. The predicted molar refractivity (Wildman–Crippen MR) is 99.2 cm³/mol. The maximum Gasteiger partial charge on any atom is 0.274 e. The van der Waals surface area contributed by atoms with Crippen molar-refractivity contribution in [3.63, 3.8) is 0 Å². The zero-order valence-electron chi connectivity index (χ0n) is 13.7. The largest absolute Gasteiger partial charge is 0.354 e. The molecule has 24 heavy (non-hydrogen) atoms. The van der Waals surface area contributed by atoms with Crippen molar-refractivity contribution in [2.45, 2.75) is 33.1 Å². The third kappa shape index (κ3) is 5.35. The average molecular weight is 367 g/mol. The Morgan fingerprint density at radius 3 is 2.71 bits per heavy atom. The third-order valence-electron chi connectivity index (χ3n) is 3.33. The van der Waals surface area contributed by atoms with E-state index in [0.717, 1.165) is 25.8 Å². The molecule has 0 unspecified atom stereocenters. The van der Waals surface area contributed by atoms with Gasteiger partial charge in [-0.1, -0.05) is 43.0 Å². The van der Waals surface area contributed by atoms with Crippen LogP contribution in [0.5, 0.6) is 0 Å². The number of halogens is 2. The number of nitrogens with one attached hydrogen (secondary N) is 2. The Bertz CT molecular complexity index is 722. The zero-order chi connectivity index (χ0) is 17.5. The Morgan fingerprint density at radius 1 is 1.17 bits per heavy atom. The number of anilines is 2. The molecule has 0 spiro atoms. The molecule has 5 nitrogen and oxygen atoms in total. The Balaban J connectivity index is 2.11. The number of unbranched alkanes of at least 4 members (excludes halogenated alkanes) is 2. The van der Waals surface area contributed by atoms with Gasteiger partial charge in [0.1, 0.15) is 5.69 Å². The standard InChI is InChI=1S/C17H20Cl2N4O/c1-3-4-5-8-20-17-21-11(2)9-15(23-17)16(24)22-14-10-12(18)6-7-13(14)19/h6-7,9-10H,3-5,8H2,1-2H3,(H,22,24)(H,20,21,23). The molecule has 1 aromatic heterocycles. The van der Waals surface area contributed by atoms with Crippen LogP contribution < -0.4 is 10.6 Å². The summed E-state index contributed by atoms with van der Waals surface area (Å²) in [5.41, 5.74) is 1.43. The van der Waals surface area contributed by atoms with E-state index in [1.807, 2.05) is 6.92 Å². The maximum atomic E-state index is 12.4. The second kappa shape index (κ2) is 8.85. The first-order valence-electron chi connectivity index (χ1n) is 7.85. The number of benzene rings is 1. The smallest absolute Gasteiger partial charge is 0.274 e. The van der Waals surface area contributed by atoms with Gasteiger partial charge < -0.3 is 10.6 Å². The number of aryl methyl sites for hydroxylation is 1. The predicted octanol–water partition coefficient (Wildman–Crippen LogP) is 4.95. The summed E-state index contributed by atoms with van der Waals surface area (Å²) < 4.78 is 0. The SMILES string of the molecule is CCCCCNc1nc(C)cc(C(=O)Nc2cc(Cl)ccc2Cl)n1.